The summed E-state index contributed by atoms with van der Waals surface area (Å²) in [6.45, 7) is 9.56. The van der Waals surface area contributed by atoms with Crippen LogP contribution in [0.2, 0.25) is 0 Å². The first kappa shape index (κ1) is 15.2. The van der Waals surface area contributed by atoms with Crippen molar-refractivity contribution in [3.05, 3.63) is 35.4 Å². The van der Waals surface area contributed by atoms with Crippen LogP contribution < -0.4 is 5.32 Å². The number of aryl methyl sites for hydroxylation is 1. The summed E-state index contributed by atoms with van der Waals surface area (Å²) in [5.41, 5.74) is 2.60. The first-order chi connectivity index (χ1) is 8.53. The minimum atomic E-state index is -0.153. The Morgan fingerprint density at radius 1 is 1.11 bits per heavy atom. The molecule has 1 rings (SSSR count). The molecule has 1 N–H and O–H groups in total. The zero-order valence-corrected chi connectivity index (χ0v) is 12.4. The third-order valence-corrected chi connectivity index (χ3v) is 3.69. The molecule has 0 aromatic heterocycles. The van der Waals surface area contributed by atoms with E-state index in [1.165, 1.54) is 11.1 Å². The molecule has 1 aromatic carbocycles. The van der Waals surface area contributed by atoms with Gasteiger partial charge in [0.25, 0.3) is 0 Å². The van der Waals surface area contributed by atoms with Crippen LogP contribution in [0.5, 0.6) is 0 Å². The molecule has 0 saturated heterocycles. The summed E-state index contributed by atoms with van der Waals surface area (Å²) in [4.78, 5) is 0. The minimum Gasteiger partial charge on any atom is -0.377 e. The molecule has 0 aliphatic heterocycles. The van der Waals surface area contributed by atoms with Crippen molar-refractivity contribution in [2.45, 2.75) is 52.2 Å². The fourth-order valence-corrected chi connectivity index (χ4v) is 2.10. The Kier molecular flexibility index (Phi) is 5.83. The predicted octanol–water partition coefficient (Wildman–Crippen LogP) is 3.19. The molecule has 102 valence electrons. The number of methoxy groups -OCH3 is 1. The van der Waals surface area contributed by atoms with Crippen LogP contribution in [0.4, 0.5) is 0 Å². The molecule has 0 aliphatic carbocycles. The van der Waals surface area contributed by atoms with E-state index in [2.05, 4.69) is 57.3 Å². The lowest BCUT2D eigenvalue weighted by molar-refractivity contribution is -0.00960. The molecule has 0 amide bonds. The van der Waals surface area contributed by atoms with Crippen molar-refractivity contribution in [1.29, 1.82) is 0 Å². The highest BCUT2D eigenvalue weighted by Crippen LogP contribution is 2.18. The van der Waals surface area contributed by atoms with E-state index >= 15 is 0 Å². The fourth-order valence-electron chi connectivity index (χ4n) is 2.10. The van der Waals surface area contributed by atoms with Gasteiger partial charge in [-0.25, -0.2) is 0 Å². The number of nitrogens with one attached hydrogen (secondary N) is 1. The van der Waals surface area contributed by atoms with Crippen molar-refractivity contribution in [3.63, 3.8) is 0 Å². The van der Waals surface area contributed by atoms with Gasteiger partial charge in [0.1, 0.15) is 0 Å². The van der Waals surface area contributed by atoms with Gasteiger partial charge >= 0.3 is 0 Å². The summed E-state index contributed by atoms with van der Waals surface area (Å²) in [6.07, 6.45) is 2.10. The van der Waals surface area contributed by atoms with Gasteiger partial charge in [0.2, 0.25) is 0 Å². The molecule has 0 saturated carbocycles. The van der Waals surface area contributed by atoms with Gasteiger partial charge in [-0.1, -0.05) is 38.1 Å². The SMILES string of the molecule is CCNC(Cc1ccc(CC)cc1)C(C)(C)OC. The van der Waals surface area contributed by atoms with E-state index in [0.717, 1.165) is 19.4 Å². The van der Waals surface area contributed by atoms with Gasteiger partial charge in [-0.05, 0) is 44.4 Å². The molecule has 1 unspecified atom stereocenters. The average Bonchev–Trinajstić information content (AvgIpc) is 2.39. The Balaban J connectivity index is 2.76. The normalized spacial score (nSPS) is 13.6. The summed E-state index contributed by atoms with van der Waals surface area (Å²) >= 11 is 0. The van der Waals surface area contributed by atoms with Crippen molar-refractivity contribution in [3.8, 4) is 0 Å². The Morgan fingerprint density at radius 2 is 1.67 bits per heavy atom. The molecule has 0 bridgehead atoms. The Bertz CT molecular complexity index is 343. The molecule has 1 atom stereocenters. The van der Waals surface area contributed by atoms with Gasteiger partial charge in [0.05, 0.1) is 5.60 Å². The quantitative estimate of drug-likeness (QED) is 0.801. The summed E-state index contributed by atoms with van der Waals surface area (Å²) in [5.74, 6) is 0. The van der Waals surface area contributed by atoms with Crippen LogP contribution in [0.1, 0.15) is 38.8 Å². The highest BCUT2D eigenvalue weighted by Gasteiger charge is 2.28. The van der Waals surface area contributed by atoms with Crippen LogP contribution in [0, 0.1) is 0 Å². The standard InChI is InChI=1S/C16H27NO/c1-6-13-8-10-14(11-9-13)12-15(17-7-2)16(3,4)18-5/h8-11,15,17H,6-7,12H2,1-5H3. The molecule has 0 aliphatic rings. The number of rotatable bonds is 7. The molecule has 0 radical (unpaired) electrons. The molecular formula is C16H27NO. The molecule has 0 fully saturated rings. The second kappa shape index (κ2) is 6.91. The molecule has 18 heavy (non-hydrogen) atoms. The summed E-state index contributed by atoms with van der Waals surface area (Å²) < 4.78 is 5.61. The van der Waals surface area contributed by atoms with Crippen LogP contribution >= 0.6 is 0 Å². The van der Waals surface area contributed by atoms with E-state index in [1.807, 2.05) is 0 Å². The van der Waals surface area contributed by atoms with E-state index in [9.17, 15) is 0 Å². The maximum absolute atomic E-state index is 5.61. The van der Waals surface area contributed by atoms with Crippen molar-refractivity contribution >= 4 is 0 Å². The second-order valence-electron chi connectivity index (χ2n) is 5.29. The average molecular weight is 249 g/mol. The number of hydrogen-bond donors (Lipinski definition) is 1. The van der Waals surface area contributed by atoms with Crippen molar-refractivity contribution in [2.24, 2.45) is 0 Å². The van der Waals surface area contributed by atoms with Gasteiger partial charge in [-0.15, -0.1) is 0 Å². The zero-order chi connectivity index (χ0) is 13.6. The van der Waals surface area contributed by atoms with Crippen molar-refractivity contribution < 1.29 is 4.74 Å². The third kappa shape index (κ3) is 4.11. The highest BCUT2D eigenvalue weighted by molar-refractivity contribution is 5.23. The lowest BCUT2D eigenvalue weighted by Crippen LogP contribution is -2.49. The smallest absolute Gasteiger partial charge is 0.0778 e. The van der Waals surface area contributed by atoms with Gasteiger partial charge in [0.15, 0.2) is 0 Å². The van der Waals surface area contributed by atoms with E-state index in [1.54, 1.807) is 7.11 Å². The first-order valence-corrected chi connectivity index (χ1v) is 6.89. The second-order valence-corrected chi connectivity index (χ2v) is 5.29. The highest BCUT2D eigenvalue weighted by atomic mass is 16.5. The van der Waals surface area contributed by atoms with Gasteiger partial charge in [0, 0.05) is 13.2 Å². The van der Waals surface area contributed by atoms with E-state index < -0.39 is 0 Å². The largest absolute Gasteiger partial charge is 0.377 e. The number of ether oxygens (including phenoxy) is 1. The Labute approximate surface area is 112 Å². The molecule has 0 heterocycles. The topological polar surface area (TPSA) is 21.3 Å². The first-order valence-electron chi connectivity index (χ1n) is 6.89. The molecular weight excluding hydrogens is 222 g/mol. The molecule has 2 heteroatoms. The lowest BCUT2D eigenvalue weighted by atomic mass is 9.91. The van der Waals surface area contributed by atoms with Crippen molar-refractivity contribution in [2.75, 3.05) is 13.7 Å². The molecule has 2 nitrogen and oxygen atoms in total. The maximum Gasteiger partial charge on any atom is 0.0778 e. The Hall–Kier alpha value is -0.860. The van der Waals surface area contributed by atoms with E-state index in [-0.39, 0.29) is 5.60 Å². The summed E-state index contributed by atoms with van der Waals surface area (Å²) in [6, 6.07) is 9.24. The summed E-state index contributed by atoms with van der Waals surface area (Å²) in [5, 5.41) is 3.53. The lowest BCUT2D eigenvalue weighted by Gasteiger charge is -2.34. The van der Waals surface area contributed by atoms with Gasteiger partial charge < -0.3 is 10.1 Å². The van der Waals surface area contributed by atoms with Gasteiger partial charge in [-0.3, -0.25) is 0 Å². The third-order valence-electron chi connectivity index (χ3n) is 3.69. The number of benzene rings is 1. The monoisotopic (exact) mass is 249 g/mol. The minimum absolute atomic E-state index is 0.153. The maximum atomic E-state index is 5.61. The molecule has 0 spiro atoms. The molecule has 1 aromatic rings. The van der Waals surface area contributed by atoms with Crippen molar-refractivity contribution in [1.82, 2.24) is 5.32 Å². The van der Waals surface area contributed by atoms with E-state index in [4.69, 9.17) is 4.74 Å². The number of hydrogen-bond acceptors (Lipinski definition) is 2. The summed E-state index contributed by atoms with van der Waals surface area (Å²) in [7, 11) is 1.78. The predicted molar refractivity (Wildman–Crippen MR) is 78.1 cm³/mol. The van der Waals surface area contributed by atoms with E-state index in [0.29, 0.717) is 6.04 Å². The number of likely N-dealkylation sites (N-methyl/N-ethyl adjacent to an activating group) is 1. The van der Waals surface area contributed by atoms with Crippen LogP contribution in [-0.4, -0.2) is 25.3 Å². The van der Waals surface area contributed by atoms with Crippen LogP contribution in [0.3, 0.4) is 0 Å². The van der Waals surface area contributed by atoms with Crippen LogP contribution in [-0.2, 0) is 17.6 Å². The van der Waals surface area contributed by atoms with Gasteiger partial charge in [-0.2, -0.15) is 0 Å². The van der Waals surface area contributed by atoms with Crippen LogP contribution in [0.15, 0.2) is 24.3 Å². The zero-order valence-electron chi connectivity index (χ0n) is 12.4. The fraction of sp³-hybridized carbons (Fsp3) is 0.625. The van der Waals surface area contributed by atoms with Crippen LogP contribution in [0.25, 0.3) is 0 Å². The Morgan fingerprint density at radius 3 is 2.11 bits per heavy atom.